The van der Waals surface area contributed by atoms with E-state index in [1.165, 1.54) is 4.90 Å². The fourth-order valence-electron chi connectivity index (χ4n) is 4.09. The van der Waals surface area contributed by atoms with Crippen LogP contribution in [0.5, 0.6) is 0 Å². The van der Waals surface area contributed by atoms with E-state index in [-0.39, 0.29) is 35.3 Å². The number of nitrogens with zero attached hydrogens (tertiary/aromatic N) is 2. The number of carbonyl (C=O) groups is 3. The molecule has 0 unspecified atom stereocenters. The molecule has 0 aromatic heterocycles. The largest absolute Gasteiger partial charge is 0.455 e. The number of carbonyl (C=O) groups excluding carboxylic acids is 3. The molecule has 3 rings (SSSR count). The van der Waals surface area contributed by atoms with Crippen LogP contribution < -0.4 is 0 Å². The fourth-order valence-corrected chi connectivity index (χ4v) is 5.94. The minimum atomic E-state index is -3.11. The second-order valence-electron chi connectivity index (χ2n) is 7.92. The molecule has 31 heavy (non-hydrogen) atoms. The summed E-state index contributed by atoms with van der Waals surface area (Å²) in [5.74, 6) is -1.28. The van der Waals surface area contributed by atoms with Crippen LogP contribution in [0.2, 0.25) is 5.02 Å². The summed E-state index contributed by atoms with van der Waals surface area (Å²) in [7, 11) is -3.11. The number of halogens is 1. The van der Waals surface area contributed by atoms with Crippen molar-refractivity contribution in [3.8, 4) is 0 Å². The van der Waals surface area contributed by atoms with Gasteiger partial charge >= 0.3 is 5.97 Å². The average molecular weight is 471 g/mol. The van der Waals surface area contributed by atoms with Crippen LogP contribution in [0.25, 0.3) is 0 Å². The van der Waals surface area contributed by atoms with Gasteiger partial charge in [0.1, 0.15) is 0 Å². The maximum absolute atomic E-state index is 12.6. The highest BCUT2D eigenvalue weighted by atomic mass is 35.5. The molecular weight excluding hydrogens is 444 g/mol. The molecule has 170 valence electrons. The Balaban J connectivity index is 1.46. The van der Waals surface area contributed by atoms with Crippen molar-refractivity contribution in [2.45, 2.75) is 32.2 Å². The van der Waals surface area contributed by atoms with Gasteiger partial charge in [0.2, 0.25) is 0 Å². The Morgan fingerprint density at radius 3 is 2.32 bits per heavy atom. The van der Waals surface area contributed by atoms with Gasteiger partial charge in [0, 0.05) is 36.3 Å². The summed E-state index contributed by atoms with van der Waals surface area (Å²) >= 11 is 5.86. The lowest BCUT2D eigenvalue weighted by molar-refractivity contribution is -0.157. The average Bonchev–Trinajstić information content (AvgIpc) is 3.12. The zero-order valence-corrected chi connectivity index (χ0v) is 19.0. The lowest BCUT2D eigenvalue weighted by Gasteiger charge is -2.31. The molecule has 1 aromatic rings. The zero-order chi connectivity index (χ0) is 22.6. The van der Waals surface area contributed by atoms with Gasteiger partial charge in [0.05, 0.1) is 17.4 Å². The number of likely N-dealkylation sites (tertiary alicyclic amines) is 1. The maximum atomic E-state index is 12.6. The molecule has 2 aliphatic rings. The molecule has 0 radical (unpaired) electrons. The number of hydrogen-bond donors (Lipinski definition) is 0. The summed E-state index contributed by atoms with van der Waals surface area (Å²) in [6.07, 6.45) is 1.34. The van der Waals surface area contributed by atoms with E-state index in [1.807, 2.05) is 0 Å². The van der Waals surface area contributed by atoms with E-state index in [9.17, 15) is 22.8 Å². The molecule has 2 fully saturated rings. The first kappa shape index (κ1) is 23.5. The zero-order valence-electron chi connectivity index (χ0n) is 17.5. The minimum absolute atomic E-state index is 0.0410. The first-order chi connectivity index (χ1) is 14.7. The summed E-state index contributed by atoms with van der Waals surface area (Å²) in [6.45, 7) is 2.60. The Bertz CT molecular complexity index is 926. The van der Waals surface area contributed by atoms with Crippen molar-refractivity contribution in [1.82, 2.24) is 9.80 Å². The van der Waals surface area contributed by atoms with Crippen molar-refractivity contribution < 1.29 is 27.5 Å². The van der Waals surface area contributed by atoms with E-state index in [1.54, 1.807) is 36.1 Å². The number of likely N-dealkylation sites (N-methyl/N-ethyl adjacent to an activating group) is 1. The van der Waals surface area contributed by atoms with Crippen LogP contribution in [-0.4, -0.2) is 79.8 Å². The number of piperidine rings is 1. The van der Waals surface area contributed by atoms with Crippen LogP contribution in [0, 0.1) is 5.92 Å². The third-order valence-corrected chi connectivity index (χ3v) is 7.86. The monoisotopic (exact) mass is 470 g/mol. The van der Waals surface area contributed by atoms with E-state index in [0.29, 0.717) is 49.5 Å². The molecule has 2 amide bonds. The number of amides is 2. The van der Waals surface area contributed by atoms with Crippen LogP contribution in [0.1, 0.15) is 36.5 Å². The maximum Gasteiger partial charge on any atom is 0.309 e. The highest BCUT2D eigenvalue weighted by Crippen LogP contribution is 2.22. The predicted molar refractivity (Wildman–Crippen MR) is 115 cm³/mol. The molecule has 0 saturated carbocycles. The molecule has 8 nitrogen and oxygen atoms in total. The number of hydrogen-bond acceptors (Lipinski definition) is 6. The Labute approximate surface area is 187 Å². The van der Waals surface area contributed by atoms with Gasteiger partial charge < -0.3 is 14.5 Å². The van der Waals surface area contributed by atoms with Gasteiger partial charge in [0.25, 0.3) is 11.8 Å². The van der Waals surface area contributed by atoms with Gasteiger partial charge in [-0.3, -0.25) is 14.4 Å². The molecule has 1 atom stereocenters. The second-order valence-corrected chi connectivity index (χ2v) is 10.6. The van der Waals surface area contributed by atoms with Crippen LogP contribution in [0.4, 0.5) is 0 Å². The number of rotatable bonds is 6. The van der Waals surface area contributed by atoms with E-state index >= 15 is 0 Å². The normalized spacial score (nSPS) is 21.0. The number of ether oxygens (including phenoxy) is 1. The smallest absolute Gasteiger partial charge is 0.309 e. The van der Waals surface area contributed by atoms with E-state index < -0.39 is 22.4 Å². The molecule has 0 N–H and O–H groups in total. The summed E-state index contributed by atoms with van der Waals surface area (Å²) in [4.78, 5) is 40.6. The highest BCUT2D eigenvalue weighted by Gasteiger charge is 2.35. The highest BCUT2D eigenvalue weighted by molar-refractivity contribution is 7.91. The van der Waals surface area contributed by atoms with Crippen molar-refractivity contribution >= 4 is 39.2 Å². The van der Waals surface area contributed by atoms with Crippen molar-refractivity contribution in [2.24, 2.45) is 5.92 Å². The minimum Gasteiger partial charge on any atom is -0.455 e. The topological polar surface area (TPSA) is 101 Å². The molecule has 0 bridgehead atoms. The van der Waals surface area contributed by atoms with Gasteiger partial charge in [-0.15, -0.1) is 0 Å². The van der Waals surface area contributed by atoms with Gasteiger partial charge in [-0.2, -0.15) is 0 Å². The van der Waals surface area contributed by atoms with Gasteiger partial charge in [-0.05, 0) is 50.5 Å². The SMILES string of the molecule is CCN(C(=O)COC(=O)C1CCN(C(=O)c2ccc(Cl)cc2)CC1)[C@H]1CCS(=O)(=O)C1. The standard InChI is InChI=1S/C21H27ClN2O6S/c1-2-24(18-9-12-31(28,29)14-18)19(25)13-30-21(27)16-7-10-23(11-8-16)20(26)15-3-5-17(22)6-4-15/h3-6,16,18H,2,7-14H2,1H3/t18-/m0/s1. The molecule has 2 aliphatic heterocycles. The summed E-state index contributed by atoms with van der Waals surface area (Å²) < 4.78 is 28.6. The van der Waals surface area contributed by atoms with E-state index in [2.05, 4.69) is 0 Å². The van der Waals surface area contributed by atoms with E-state index in [0.717, 1.165) is 0 Å². The summed E-state index contributed by atoms with van der Waals surface area (Å²) in [5.41, 5.74) is 0.546. The molecule has 10 heteroatoms. The summed E-state index contributed by atoms with van der Waals surface area (Å²) in [5, 5.41) is 0.559. The quantitative estimate of drug-likeness (QED) is 0.587. The Hall–Kier alpha value is -2.13. The predicted octanol–water partition coefficient (Wildman–Crippen LogP) is 1.77. The third-order valence-electron chi connectivity index (χ3n) is 5.85. The van der Waals surface area contributed by atoms with Crippen molar-refractivity contribution in [1.29, 1.82) is 0 Å². The first-order valence-corrected chi connectivity index (χ1v) is 12.6. The fraction of sp³-hybridized carbons (Fsp3) is 0.571. The molecule has 2 saturated heterocycles. The van der Waals surface area contributed by atoms with Crippen LogP contribution >= 0.6 is 11.6 Å². The van der Waals surface area contributed by atoms with Crippen molar-refractivity contribution in [2.75, 3.05) is 37.7 Å². The lowest BCUT2D eigenvalue weighted by Crippen LogP contribution is -2.44. The Morgan fingerprint density at radius 1 is 1.13 bits per heavy atom. The van der Waals surface area contributed by atoms with E-state index in [4.69, 9.17) is 16.3 Å². The summed E-state index contributed by atoms with van der Waals surface area (Å²) in [6, 6.07) is 6.31. The lowest BCUT2D eigenvalue weighted by atomic mass is 9.96. The first-order valence-electron chi connectivity index (χ1n) is 10.4. The van der Waals surface area contributed by atoms with Gasteiger partial charge in [-0.25, -0.2) is 8.42 Å². The van der Waals surface area contributed by atoms with Crippen LogP contribution in [0.3, 0.4) is 0 Å². The molecular formula is C21H27ClN2O6S. The Kier molecular flexibility index (Phi) is 7.59. The van der Waals surface area contributed by atoms with Gasteiger partial charge in [-0.1, -0.05) is 11.6 Å². The second kappa shape index (κ2) is 9.99. The van der Waals surface area contributed by atoms with Gasteiger partial charge in [0.15, 0.2) is 16.4 Å². The third kappa shape index (κ3) is 5.98. The number of esters is 1. The van der Waals surface area contributed by atoms with Crippen LogP contribution in [-0.2, 0) is 24.2 Å². The molecule has 1 aromatic carbocycles. The van der Waals surface area contributed by atoms with Crippen molar-refractivity contribution in [3.05, 3.63) is 34.9 Å². The van der Waals surface area contributed by atoms with Crippen LogP contribution in [0.15, 0.2) is 24.3 Å². The molecule has 0 aliphatic carbocycles. The number of sulfone groups is 1. The molecule has 2 heterocycles. The number of benzene rings is 1. The van der Waals surface area contributed by atoms with Crippen molar-refractivity contribution in [3.63, 3.8) is 0 Å². The molecule has 0 spiro atoms. The Morgan fingerprint density at radius 2 is 1.77 bits per heavy atom.